The highest BCUT2D eigenvalue weighted by atomic mass is 19.4. The van der Waals surface area contributed by atoms with Crippen LogP contribution >= 0.6 is 0 Å². The van der Waals surface area contributed by atoms with Crippen LogP contribution in [0.4, 0.5) is 13.2 Å². The van der Waals surface area contributed by atoms with Crippen LogP contribution in [0.2, 0.25) is 0 Å². The number of halogens is 3. The lowest BCUT2D eigenvalue weighted by atomic mass is 10.1. The maximum absolute atomic E-state index is 12.1. The van der Waals surface area contributed by atoms with Crippen LogP contribution in [-0.4, -0.2) is 43.9 Å². The van der Waals surface area contributed by atoms with Crippen molar-refractivity contribution in [3.05, 3.63) is 29.8 Å². The number of nitrogens with one attached hydrogen (secondary N) is 2. The molecule has 0 spiro atoms. The van der Waals surface area contributed by atoms with Gasteiger partial charge in [0.2, 0.25) is 5.91 Å². The second-order valence-corrected chi connectivity index (χ2v) is 6.74. The Labute approximate surface area is 173 Å². The van der Waals surface area contributed by atoms with Crippen LogP contribution in [0.25, 0.3) is 0 Å². The van der Waals surface area contributed by atoms with Gasteiger partial charge in [0, 0.05) is 13.0 Å². The summed E-state index contributed by atoms with van der Waals surface area (Å²) in [5, 5.41) is 4.48. The standard InChI is InChI=1S/C21H25F3N2O4/c22-21(23,24)20(28)25-12-13-29-18-10-8-16(9-11-18)14-26-19(27)15-30-17-6-4-2-1-3-5-7-17/h8-11,17H,1-4,6,12-15H2,(H,25,28)(H,26,27). The molecule has 0 saturated heterocycles. The van der Waals surface area contributed by atoms with Gasteiger partial charge in [0.05, 0.1) is 6.54 Å². The lowest BCUT2D eigenvalue weighted by Gasteiger charge is -2.14. The highest BCUT2D eigenvalue weighted by Gasteiger charge is 2.38. The summed E-state index contributed by atoms with van der Waals surface area (Å²) in [6.45, 7) is -0.106. The summed E-state index contributed by atoms with van der Waals surface area (Å²) in [4.78, 5) is 22.6. The molecule has 1 aromatic carbocycles. The second-order valence-electron chi connectivity index (χ2n) is 6.74. The largest absolute Gasteiger partial charge is 0.492 e. The van der Waals surface area contributed by atoms with Crippen LogP contribution in [0, 0.1) is 11.8 Å². The van der Waals surface area contributed by atoms with Crippen LogP contribution in [0.5, 0.6) is 5.75 Å². The Kier molecular flexibility index (Phi) is 9.48. The number of ether oxygens (including phenoxy) is 2. The van der Waals surface area contributed by atoms with E-state index in [0.717, 1.165) is 37.7 Å². The molecule has 0 radical (unpaired) electrons. The zero-order valence-corrected chi connectivity index (χ0v) is 16.5. The third kappa shape index (κ3) is 9.18. The van der Waals surface area contributed by atoms with E-state index in [1.54, 1.807) is 29.6 Å². The molecule has 0 saturated carbocycles. The zero-order valence-electron chi connectivity index (χ0n) is 16.5. The van der Waals surface area contributed by atoms with Crippen molar-refractivity contribution >= 4 is 11.8 Å². The monoisotopic (exact) mass is 426 g/mol. The highest BCUT2D eigenvalue weighted by molar-refractivity contribution is 5.81. The van der Waals surface area contributed by atoms with Gasteiger partial charge in [0.1, 0.15) is 25.1 Å². The van der Waals surface area contributed by atoms with E-state index in [4.69, 9.17) is 9.47 Å². The first-order chi connectivity index (χ1) is 14.3. The van der Waals surface area contributed by atoms with Crippen molar-refractivity contribution in [2.75, 3.05) is 19.8 Å². The predicted octanol–water partition coefficient (Wildman–Crippen LogP) is 2.71. The first kappa shape index (κ1) is 23.5. The van der Waals surface area contributed by atoms with E-state index in [0.29, 0.717) is 12.3 Å². The average molecular weight is 426 g/mol. The molecule has 0 aromatic heterocycles. The second kappa shape index (κ2) is 12.1. The Morgan fingerprint density at radius 1 is 1.10 bits per heavy atom. The number of alkyl halides is 3. The smallest absolute Gasteiger partial charge is 0.471 e. The Bertz CT molecular complexity index is 754. The first-order valence-corrected chi connectivity index (χ1v) is 9.78. The summed E-state index contributed by atoms with van der Waals surface area (Å²) in [5.74, 6) is 4.32. The average Bonchev–Trinajstić information content (AvgIpc) is 2.68. The van der Waals surface area contributed by atoms with Gasteiger partial charge in [-0.25, -0.2) is 0 Å². The molecule has 0 heterocycles. The van der Waals surface area contributed by atoms with Crippen LogP contribution in [-0.2, 0) is 20.9 Å². The summed E-state index contributed by atoms with van der Waals surface area (Å²) in [5.41, 5.74) is 0.826. The van der Waals surface area contributed by atoms with E-state index in [1.165, 1.54) is 0 Å². The minimum absolute atomic E-state index is 0.0514. The molecular weight excluding hydrogens is 401 g/mol. The lowest BCUT2D eigenvalue weighted by Crippen LogP contribution is -2.38. The van der Waals surface area contributed by atoms with E-state index in [1.807, 2.05) is 0 Å². The van der Waals surface area contributed by atoms with Gasteiger partial charge in [-0.1, -0.05) is 24.5 Å². The van der Waals surface area contributed by atoms with Crippen molar-refractivity contribution in [2.24, 2.45) is 0 Å². The Morgan fingerprint density at radius 3 is 2.60 bits per heavy atom. The van der Waals surface area contributed by atoms with Crippen molar-refractivity contribution in [2.45, 2.75) is 50.9 Å². The fourth-order valence-corrected chi connectivity index (χ4v) is 2.67. The normalized spacial score (nSPS) is 16.4. The van der Waals surface area contributed by atoms with Gasteiger partial charge < -0.3 is 20.1 Å². The first-order valence-electron chi connectivity index (χ1n) is 9.78. The van der Waals surface area contributed by atoms with Crippen molar-refractivity contribution in [1.82, 2.24) is 10.6 Å². The van der Waals surface area contributed by atoms with Crippen molar-refractivity contribution in [3.8, 4) is 17.6 Å². The fourth-order valence-electron chi connectivity index (χ4n) is 2.67. The molecule has 1 unspecified atom stereocenters. The van der Waals surface area contributed by atoms with E-state index >= 15 is 0 Å². The Hall–Kier alpha value is -2.73. The van der Waals surface area contributed by atoms with Crippen LogP contribution in [0.3, 0.4) is 0 Å². The van der Waals surface area contributed by atoms with E-state index in [2.05, 4.69) is 17.2 Å². The highest BCUT2D eigenvalue weighted by Crippen LogP contribution is 2.14. The van der Waals surface area contributed by atoms with Crippen LogP contribution in [0.15, 0.2) is 24.3 Å². The molecule has 0 fully saturated rings. The quantitative estimate of drug-likeness (QED) is 0.470. The van der Waals surface area contributed by atoms with Crippen molar-refractivity contribution < 1.29 is 32.2 Å². The van der Waals surface area contributed by atoms with E-state index < -0.39 is 12.1 Å². The van der Waals surface area contributed by atoms with Crippen molar-refractivity contribution in [1.29, 1.82) is 0 Å². The molecule has 6 nitrogen and oxygen atoms in total. The molecule has 1 atom stereocenters. The van der Waals surface area contributed by atoms with Gasteiger partial charge in [0.15, 0.2) is 0 Å². The van der Waals surface area contributed by atoms with Gasteiger partial charge >= 0.3 is 12.1 Å². The molecule has 0 bridgehead atoms. The maximum atomic E-state index is 12.1. The van der Waals surface area contributed by atoms with Gasteiger partial charge in [-0.3, -0.25) is 9.59 Å². The van der Waals surface area contributed by atoms with E-state index in [-0.39, 0.29) is 31.8 Å². The number of benzene rings is 1. The molecule has 2 rings (SSSR count). The minimum Gasteiger partial charge on any atom is -0.492 e. The number of carbonyl (C=O) groups is 2. The van der Waals surface area contributed by atoms with Crippen LogP contribution < -0.4 is 15.4 Å². The number of amides is 2. The third-order valence-electron chi connectivity index (χ3n) is 4.27. The molecular formula is C21H25F3N2O4. The molecule has 30 heavy (non-hydrogen) atoms. The molecule has 1 aliphatic rings. The summed E-state index contributed by atoms with van der Waals surface area (Å²) in [7, 11) is 0. The molecule has 2 N–H and O–H groups in total. The third-order valence-corrected chi connectivity index (χ3v) is 4.27. The molecule has 164 valence electrons. The Morgan fingerprint density at radius 2 is 1.87 bits per heavy atom. The lowest BCUT2D eigenvalue weighted by molar-refractivity contribution is -0.173. The minimum atomic E-state index is -4.90. The molecule has 0 aliphatic heterocycles. The van der Waals surface area contributed by atoms with Crippen LogP contribution in [0.1, 0.15) is 37.7 Å². The predicted molar refractivity (Wildman–Crippen MR) is 103 cm³/mol. The summed E-state index contributed by atoms with van der Waals surface area (Å²) < 4.78 is 47.0. The summed E-state index contributed by atoms with van der Waals surface area (Å²) in [6, 6.07) is 6.72. The molecule has 1 aliphatic carbocycles. The molecule has 1 aromatic rings. The van der Waals surface area contributed by atoms with E-state index in [9.17, 15) is 22.8 Å². The fraction of sp³-hybridized carbons (Fsp3) is 0.524. The molecule has 2 amide bonds. The van der Waals surface area contributed by atoms with Gasteiger partial charge in [-0.15, -0.1) is 5.92 Å². The SMILES string of the molecule is O=C(COC1C#CCCCCC1)NCc1ccc(OCCNC(=O)C(F)(F)F)cc1. The summed E-state index contributed by atoms with van der Waals surface area (Å²) in [6.07, 6.45) is -0.117. The van der Waals surface area contributed by atoms with Crippen molar-refractivity contribution in [3.63, 3.8) is 0 Å². The number of hydrogen-bond acceptors (Lipinski definition) is 4. The zero-order chi connectivity index (χ0) is 21.8. The molecule has 9 heteroatoms. The van der Waals surface area contributed by atoms with Gasteiger partial charge in [-0.2, -0.15) is 13.2 Å². The Balaban J connectivity index is 1.64. The number of carbonyl (C=O) groups excluding carboxylic acids is 2. The maximum Gasteiger partial charge on any atom is 0.471 e. The number of hydrogen-bond donors (Lipinski definition) is 2. The number of rotatable bonds is 9. The van der Waals surface area contributed by atoms with Gasteiger partial charge in [-0.05, 0) is 37.0 Å². The topological polar surface area (TPSA) is 76.7 Å². The summed E-state index contributed by atoms with van der Waals surface area (Å²) >= 11 is 0. The van der Waals surface area contributed by atoms with Gasteiger partial charge in [0.25, 0.3) is 0 Å².